The normalized spacial score (nSPS) is 12.7. The molecule has 60 valence electrons. The van der Waals surface area contributed by atoms with Crippen molar-refractivity contribution in [3.8, 4) is 0 Å². The number of thioether (sulfide) groups is 1. The number of carbonyl (C=O) groups is 1. The lowest BCUT2D eigenvalue weighted by Crippen LogP contribution is -2.32. The molecule has 1 atom stereocenters. The molecule has 10 heavy (non-hydrogen) atoms. The lowest BCUT2D eigenvalue weighted by molar-refractivity contribution is -0.235. The van der Waals surface area contributed by atoms with Crippen molar-refractivity contribution in [3.63, 3.8) is 0 Å². The molecule has 0 fully saturated rings. The van der Waals surface area contributed by atoms with Crippen LogP contribution < -0.4 is 5.73 Å². The Morgan fingerprint density at radius 3 is 2.90 bits per heavy atom. The molecule has 3 N–H and O–H groups in total. The molecule has 0 rings (SSSR count). The van der Waals surface area contributed by atoms with Crippen LogP contribution in [0.15, 0.2) is 0 Å². The van der Waals surface area contributed by atoms with E-state index < -0.39 is 12.0 Å². The van der Waals surface area contributed by atoms with Crippen LogP contribution in [0, 0.1) is 0 Å². The molecule has 0 aromatic heterocycles. The molecule has 0 bridgehead atoms. The van der Waals surface area contributed by atoms with E-state index in [9.17, 15) is 4.79 Å². The summed E-state index contributed by atoms with van der Waals surface area (Å²) >= 11 is 1.59. The molecule has 0 saturated heterocycles. The van der Waals surface area contributed by atoms with Crippen LogP contribution in [0.25, 0.3) is 0 Å². The van der Waals surface area contributed by atoms with Gasteiger partial charge in [0, 0.05) is 0 Å². The van der Waals surface area contributed by atoms with E-state index in [1.807, 2.05) is 6.26 Å². The highest BCUT2D eigenvalue weighted by atomic mass is 32.2. The maximum Gasteiger partial charge on any atom is 0.358 e. The molecule has 0 amide bonds. The molecule has 0 aliphatic heterocycles. The van der Waals surface area contributed by atoms with Crippen LogP contribution in [0.4, 0.5) is 0 Å². The highest BCUT2D eigenvalue weighted by Crippen LogP contribution is 1.99. The largest absolute Gasteiger partial charge is 0.358 e. The third kappa shape index (κ3) is 3.71. The van der Waals surface area contributed by atoms with Gasteiger partial charge < -0.3 is 5.73 Å². The van der Waals surface area contributed by atoms with Crippen molar-refractivity contribution in [2.45, 2.75) is 12.5 Å². The van der Waals surface area contributed by atoms with Gasteiger partial charge in [-0.3, -0.25) is 4.89 Å². The fourth-order valence-corrected chi connectivity index (χ4v) is 0.920. The molecule has 0 aromatic rings. The summed E-state index contributed by atoms with van der Waals surface area (Å²) in [7, 11) is 0. The molecule has 0 aliphatic carbocycles. The number of nitrogens with two attached hydrogens (primary N) is 1. The Bertz CT molecular complexity index is 109. The van der Waals surface area contributed by atoms with Crippen LogP contribution in [0.3, 0.4) is 0 Å². The Morgan fingerprint density at radius 2 is 2.50 bits per heavy atom. The second kappa shape index (κ2) is 5.52. The van der Waals surface area contributed by atoms with Gasteiger partial charge in [0.05, 0.1) is 0 Å². The monoisotopic (exact) mass is 165 g/mol. The fraction of sp³-hybridized carbons (Fsp3) is 0.800. The number of hydrogen-bond acceptors (Lipinski definition) is 5. The average Bonchev–Trinajstić information content (AvgIpc) is 1.98. The molecule has 5 heteroatoms. The third-order valence-corrected chi connectivity index (χ3v) is 1.67. The van der Waals surface area contributed by atoms with Gasteiger partial charge in [-0.2, -0.15) is 17.0 Å². The predicted molar refractivity (Wildman–Crippen MR) is 39.7 cm³/mol. The lowest BCUT2D eigenvalue weighted by Gasteiger charge is -2.04. The maximum atomic E-state index is 10.4. The minimum atomic E-state index is -0.769. The molecule has 0 aromatic carbocycles. The van der Waals surface area contributed by atoms with Gasteiger partial charge in [0.15, 0.2) is 0 Å². The molecular weight excluding hydrogens is 154 g/mol. The van der Waals surface area contributed by atoms with Crippen LogP contribution in [-0.2, 0) is 9.68 Å². The van der Waals surface area contributed by atoms with Crippen LogP contribution in [0.1, 0.15) is 6.42 Å². The second-order valence-corrected chi connectivity index (χ2v) is 2.78. The van der Waals surface area contributed by atoms with Gasteiger partial charge in [-0.15, -0.1) is 0 Å². The summed E-state index contributed by atoms with van der Waals surface area (Å²) in [5, 5.41) is 7.87. The smallest absolute Gasteiger partial charge is 0.318 e. The summed E-state index contributed by atoms with van der Waals surface area (Å²) in [5.41, 5.74) is 5.27. The van der Waals surface area contributed by atoms with Crippen LogP contribution >= 0.6 is 11.8 Å². The summed E-state index contributed by atoms with van der Waals surface area (Å²) in [6, 6.07) is -0.697. The average molecular weight is 165 g/mol. The van der Waals surface area contributed by atoms with Crippen LogP contribution in [-0.4, -0.2) is 29.3 Å². The first-order chi connectivity index (χ1) is 4.72. The van der Waals surface area contributed by atoms with Crippen molar-refractivity contribution in [3.05, 3.63) is 0 Å². The Kier molecular flexibility index (Phi) is 5.38. The SMILES string of the molecule is CSCC[C@H](N)C(=O)OO. The summed E-state index contributed by atoms with van der Waals surface area (Å²) in [5.74, 6) is 0.0186. The van der Waals surface area contributed by atoms with Crippen molar-refractivity contribution in [1.29, 1.82) is 0 Å². The minimum Gasteiger partial charge on any atom is -0.318 e. The maximum absolute atomic E-state index is 10.4. The van der Waals surface area contributed by atoms with Gasteiger partial charge >= 0.3 is 5.97 Å². The summed E-state index contributed by atoms with van der Waals surface area (Å²) in [6.07, 6.45) is 2.44. The number of hydrogen-bond donors (Lipinski definition) is 2. The number of rotatable bonds is 4. The minimum absolute atomic E-state index is 0.528. The topological polar surface area (TPSA) is 72.6 Å². The summed E-state index contributed by atoms with van der Waals surface area (Å²) in [6.45, 7) is 0. The molecule has 0 spiro atoms. The van der Waals surface area contributed by atoms with Crippen LogP contribution in [0.5, 0.6) is 0 Å². The molecule has 0 radical (unpaired) electrons. The highest BCUT2D eigenvalue weighted by Gasteiger charge is 2.13. The summed E-state index contributed by atoms with van der Waals surface area (Å²) < 4.78 is 0. The molecule has 0 unspecified atom stereocenters. The Hall–Kier alpha value is -0.260. The predicted octanol–water partition coefficient (Wildman–Crippen LogP) is 0.0830. The van der Waals surface area contributed by atoms with Gasteiger partial charge in [0.1, 0.15) is 6.04 Å². The zero-order valence-corrected chi connectivity index (χ0v) is 6.56. The zero-order valence-electron chi connectivity index (χ0n) is 5.74. The van der Waals surface area contributed by atoms with E-state index in [2.05, 4.69) is 4.89 Å². The van der Waals surface area contributed by atoms with E-state index in [1.165, 1.54) is 0 Å². The Balaban J connectivity index is 3.41. The van der Waals surface area contributed by atoms with Crippen molar-refractivity contribution >= 4 is 17.7 Å². The molecular formula is C5H11NO3S. The van der Waals surface area contributed by atoms with Gasteiger partial charge in [-0.05, 0) is 18.4 Å². The number of carbonyl (C=O) groups excluding carboxylic acids is 1. The van der Waals surface area contributed by atoms with Gasteiger partial charge in [-0.25, -0.2) is 4.79 Å². The van der Waals surface area contributed by atoms with E-state index in [0.717, 1.165) is 5.75 Å². The van der Waals surface area contributed by atoms with E-state index in [0.29, 0.717) is 6.42 Å². The first kappa shape index (κ1) is 9.74. The van der Waals surface area contributed by atoms with Crippen molar-refractivity contribution < 1.29 is 14.9 Å². The van der Waals surface area contributed by atoms with Crippen LogP contribution in [0.2, 0.25) is 0 Å². The van der Waals surface area contributed by atoms with E-state index >= 15 is 0 Å². The van der Waals surface area contributed by atoms with E-state index in [1.54, 1.807) is 11.8 Å². The fourth-order valence-electron chi connectivity index (χ4n) is 0.430. The van der Waals surface area contributed by atoms with Crippen molar-refractivity contribution in [2.24, 2.45) is 5.73 Å². The molecule has 0 heterocycles. The molecule has 4 nitrogen and oxygen atoms in total. The van der Waals surface area contributed by atoms with E-state index in [4.69, 9.17) is 11.0 Å². The van der Waals surface area contributed by atoms with Gasteiger partial charge in [0.2, 0.25) is 0 Å². The van der Waals surface area contributed by atoms with Crippen molar-refractivity contribution in [2.75, 3.05) is 12.0 Å². The quantitative estimate of drug-likeness (QED) is 0.456. The Morgan fingerprint density at radius 1 is 1.90 bits per heavy atom. The zero-order chi connectivity index (χ0) is 7.98. The van der Waals surface area contributed by atoms with Gasteiger partial charge in [0.25, 0.3) is 0 Å². The summed E-state index contributed by atoms with van der Waals surface area (Å²) in [4.78, 5) is 13.8. The van der Waals surface area contributed by atoms with Crippen molar-refractivity contribution in [1.82, 2.24) is 0 Å². The third-order valence-electron chi connectivity index (χ3n) is 1.03. The first-order valence-electron chi connectivity index (χ1n) is 2.82. The standard InChI is InChI=1S/C5H11NO3S/c1-10-3-2-4(6)5(7)9-8/h4,8H,2-3,6H2,1H3/t4-/m0/s1. The van der Waals surface area contributed by atoms with Gasteiger partial charge in [-0.1, -0.05) is 0 Å². The molecule has 0 aliphatic rings. The Labute approximate surface area is 63.7 Å². The first-order valence-corrected chi connectivity index (χ1v) is 4.21. The molecule has 0 saturated carbocycles. The van der Waals surface area contributed by atoms with E-state index in [-0.39, 0.29) is 0 Å². The lowest BCUT2D eigenvalue weighted by atomic mass is 10.2. The second-order valence-electron chi connectivity index (χ2n) is 1.80. The highest BCUT2D eigenvalue weighted by molar-refractivity contribution is 7.98.